The van der Waals surface area contributed by atoms with Gasteiger partial charge in [0.05, 0.1) is 78.4 Å². The number of aliphatic hydroxyl groups is 3. The number of carbonyl (C=O) groups excluding carboxylic acids is 3. The van der Waals surface area contributed by atoms with Crippen molar-refractivity contribution in [1.82, 2.24) is 73.8 Å². The summed E-state index contributed by atoms with van der Waals surface area (Å²) in [4.78, 5) is 74.3. The maximum absolute atomic E-state index is 16.1. The van der Waals surface area contributed by atoms with Gasteiger partial charge in [0.25, 0.3) is 0 Å². The fourth-order valence-corrected chi connectivity index (χ4v) is 18.2. The molecule has 6 aliphatic rings. The quantitative estimate of drug-likeness (QED) is 0.0116. The lowest BCUT2D eigenvalue weighted by molar-refractivity contribution is -0.150. The molecular weight excluding hydrogens is 1780 g/mol. The Morgan fingerprint density at radius 3 is 0.938 bits per heavy atom. The Bertz CT molecular complexity index is 5200. The fourth-order valence-electron chi connectivity index (χ4n) is 13.7. The van der Waals surface area contributed by atoms with E-state index in [1.807, 2.05) is 0 Å². The van der Waals surface area contributed by atoms with Crippen LogP contribution in [0.1, 0.15) is 102 Å². The second-order valence-corrected chi connectivity index (χ2v) is 35.8. The number of fused-ring (bicyclic) bond motifs is 6. The number of imidazole rings is 3. The molecule has 702 valence electrons. The number of hydrogen-bond donors (Lipinski definition) is 9. The Kier molecular flexibility index (Phi) is 28.4. The molecule has 12 heterocycles. The third kappa shape index (κ3) is 20.5. The van der Waals surface area contributed by atoms with Crippen molar-refractivity contribution in [3.05, 3.63) is 73.6 Å². The predicted octanol–water partition coefficient (Wildman–Crippen LogP) is 6.80. The highest BCUT2D eigenvalue weighted by Crippen LogP contribution is 2.57. The summed E-state index contributed by atoms with van der Waals surface area (Å²) in [6.45, 7) is 15.4. The van der Waals surface area contributed by atoms with Gasteiger partial charge in [-0.2, -0.15) is 45.2 Å². The number of benzene rings is 3. The van der Waals surface area contributed by atoms with Gasteiger partial charge in [-0.15, -0.1) is 0 Å². The number of alkyl halides is 3. The molecule has 0 amide bonds. The Balaban J connectivity index is 0.000000165. The highest BCUT2D eigenvalue weighted by molar-refractivity contribution is 7.52. The van der Waals surface area contributed by atoms with Crippen LogP contribution in [0.4, 0.5) is 31.0 Å². The number of methoxy groups -OCH3 is 3. The second-order valence-electron chi connectivity index (χ2n) is 30.7. The number of nitrogens with one attached hydrogen (secondary N) is 3. The summed E-state index contributed by atoms with van der Waals surface area (Å²) in [6, 6.07) is 10.5. The number of aliphatic hydroxyl groups excluding tert-OH is 3. The summed E-state index contributed by atoms with van der Waals surface area (Å²) in [5.74, 6) is -0.915. The third-order valence-electron chi connectivity index (χ3n) is 19.8. The number of esters is 3. The molecule has 0 bridgehead atoms. The monoisotopic (exact) mass is 1880 g/mol. The van der Waals surface area contributed by atoms with E-state index in [1.54, 1.807) is 77.9 Å². The summed E-state index contributed by atoms with van der Waals surface area (Å²) in [6.07, 6.45) is -11.4. The van der Waals surface area contributed by atoms with Gasteiger partial charge in [-0.05, 0) is 119 Å². The summed E-state index contributed by atoms with van der Waals surface area (Å²) in [7, 11) is -9.28. The molecule has 129 heavy (non-hydrogen) atoms. The first-order valence-corrected chi connectivity index (χ1v) is 44.2. The number of nitrogen functional groups attached to an aromatic ring is 3. The largest absolute Gasteiger partial charge is 0.479 e. The van der Waals surface area contributed by atoms with Crippen molar-refractivity contribution < 1.29 is 155 Å². The molecule has 48 nitrogen and oxygen atoms in total. The van der Waals surface area contributed by atoms with Crippen LogP contribution in [0.3, 0.4) is 0 Å². The van der Waals surface area contributed by atoms with Crippen molar-refractivity contribution in [2.75, 3.05) is 78.7 Å². The number of ether oxygens (including phenoxy) is 15. The van der Waals surface area contributed by atoms with Crippen molar-refractivity contribution in [2.24, 2.45) is 0 Å². The summed E-state index contributed by atoms with van der Waals surface area (Å²) >= 11 is 0. The molecule has 0 aliphatic carbocycles. The van der Waals surface area contributed by atoms with Crippen LogP contribution in [0, 0.1) is 0 Å². The molecule has 3 fully saturated rings. The number of carbonyl (C=O) groups is 3. The van der Waals surface area contributed by atoms with Crippen molar-refractivity contribution in [1.29, 1.82) is 0 Å². The maximum Gasteiger partial charge on any atom is 0.459 e. The zero-order valence-electron chi connectivity index (χ0n) is 71.8. The number of nitrogens with zero attached hydrogens (tertiary/aromatic N) is 12. The lowest BCUT2D eigenvalue weighted by Gasteiger charge is -2.25. The molecule has 9 aromatic rings. The summed E-state index contributed by atoms with van der Waals surface area (Å²) < 4.78 is 209. The van der Waals surface area contributed by atoms with Crippen LogP contribution in [0.5, 0.6) is 69.4 Å². The van der Waals surface area contributed by atoms with E-state index in [4.69, 9.17) is 115 Å². The zero-order chi connectivity index (χ0) is 93.3. The standard InChI is InChI=1S/3C25H32FN6O10P/c3*1-12(2)40-22(34)13(3)31-43(35,42-15-8-6-7-14-18(15)38-11-37-14)39-9-16-19(33)25(4,26)23(41-16)32-10-28-17-20(32)29-24(27)30-21(17)36-5/h3*6-8,10,12-13,16,19,23,33H,9,11H2,1-5H3,(H,31,35)(H2,27,29,30)/t13-,16+,19+,23+,25+,43?;13-,16+,19+,23+,25+,43+;13-,16+,19+,23+,25+,43-/m000/s1. The van der Waals surface area contributed by atoms with E-state index < -0.39 is 170 Å². The van der Waals surface area contributed by atoms with Crippen LogP contribution in [0.25, 0.3) is 33.5 Å². The SMILES string of the molecule is COc1nc(N)nc2c1ncn2[C@@H]1O[C@H](COP(=O)(N[C@@H](C)C(=O)OC(C)C)Oc2cccc3c2OCO3)[C@@H](O)[C@@]1(C)F.COc1nc(N)nc2c1ncn2[C@@H]1O[C@H](CO[P@@](=O)(N[C@@H](C)C(=O)OC(C)C)Oc2cccc3c2OCO3)[C@@H](O)[C@@]1(C)F.COc1nc(N)nc2c1ncn2[C@@H]1O[C@H](CO[P@](=O)(N[C@@H](C)C(=O)OC(C)C)Oc2cccc3c2OCO3)[C@@H](O)[C@@]1(C)F. The minimum Gasteiger partial charge on any atom is -0.479 e. The first-order valence-electron chi connectivity index (χ1n) is 39.6. The van der Waals surface area contributed by atoms with Gasteiger partial charge in [-0.1, -0.05) is 18.2 Å². The number of hydrogen-bond acceptors (Lipinski definition) is 42. The van der Waals surface area contributed by atoms with E-state index in [1.165, 1.54) is 93.0 Å². The lowest BCUT2D eigenvalue weighted by atomic mass is 9.98. The molecule has 12 N–H and O–H groups in total. The normalized spacial score (nSPS) is 25.1. The zero-order valence-corrected chi connectivity index (χ0v) is 74.5. The van der Waals surface area contributed by atoms with Gasteiger partial charge < -0.3 is 117 Å². The minimum atomic E-state index is -4.46. The van der Waals surface area contributed by atoms with E-state index in [2.05, 4.69) is 60.1 Å². The highest BCUT2D eigenvalue weighted by Gasteiger charge is 2.59. The Morgan fingerprint density at radius 2 is 0.698 bits per heavy atom. The van der Waals surface area contributed by atoms with Gasteiger partial charge in [0.15, 0.2) is 104 Å². The molecule has 0 saturated carbocycles. The molecule has 3 aromatic carbocycles. The van der Waals surface area contributed by atoms with Crippen LogP contribution in [0.2, 0.25) is 0 Å². The fraction of sp³-hybridized carbons (Fsp3) is 0.520. The van der Waals surface area contributed by atoms with Gasteiger partial charge in [-0.25, -0.2) is 41.8 Å². The molecule has 54 heteroatoms. The Labute approximate surface area is 731 Å². The second kappa shape index (κ2) is 38.4. The van der Waals surface area contributed by atoms with Crippen molar-refractivity contribution >= 4 is 92.5 Å². The van der Waals surface area contributed by atoms with Crippen LogP contribution in [0.15, 0.2) is 73.6 Å². The highest BCUT2D eigenvalue weighted by atomic mass is 31.2. The summed E-state index contributed by atoms with van der Waals surface area (Å²) in [5.41, 5.74) is 11.0. The molecule has 15 rings (SSSR count). The number of para-hydroxylation sites is 3. The molecule has 6 aliphatic heterocycles. The van der Waals surface area contributed by atoms with Crippen LogP contribution < -0.4 is 88.7 Å². The van der Waals surface area contributed by atoms with Gasteiger partial charge in [0.1, 0.15) is 54.7 Å². The topological polar surface area (TPSA) is 602 Å². The van der Waals surface area contributed by atoms with E-state index in [9.17, 15) is 43.4 Å². The molecular formula is C75H96F3N18O30P3. The van der Waals surface area contributed by atoms with Gasteiger partial charge >= 0.3 is 41.1 Å². The number of rotatable bonds is 33. The summed E-state index contributed by atoms with van der Waals surface area (Å²) in [5, 5.41) is 40.4. The smallest absolute Gasteiger partial charge is 0.459 e. The van der Waals surface area contributed by atoms with Crippen molar-refractivity contribution in [3.8, 4) is 69.4 Å². The average molecular weight is 1880 g/mol. The van der Waals surface area contributed by atoms with Crippen molar-refractivity contribution in [3.63, 3.8) is 0 Å². The first kappa shape index (κ1) is 95.3. The molecule has 0 spiro atoms. The van der Waals surface area contributed by atoms with E-state index in [-0.39, 0.29) is 124 Å². The van der Waals surface area contributed by atoms with Crippen molar-refractivity contribution in [2.45, 2.75) is 192 Å². The third-order valence-corrected chi connectivity index (χ3v) is 24.7. The first-order chi connectivity index (χ1) is 61.0. The number of anilines is 3. The minimum absolute atomic E-state index is 0.00698. The molecule has 0 radical (unpaired) electrons. The van der Waals surface area contributed by atoms with E-state index in [0.717, 1.165) is 20.8 Å². The van der Waals surface area contributed by atoms with Gasteiger partial charge in [0.2, 0.25) is 73.1 Å². The predicted molar refractivity (Wildman–Crippen MR) is 439 cm³/mol. The molecule has 6 aromatic heterocycles. The van der Waals surface area contributed by atoms with Crippen LogP contribution in [-0.4, -0.2) is 243 Å². The Morgan fingerprint density at radius 1 is 0.442 bits per heavy atom. The number of halogens is 3. The maximum atomic E-state index is 16.1. The van der Waals surface area contributed by atoms with Gasteiger partial charge in [-0.3, -0.25) is 41.7 Å². The van der Waals surface area contributed by atoms with E-state index in [0.29, 0.717) is 17.2 Å². The molecule has 18 atom stereocenters. The van der Waals surface area contributed by atoms with Crippen LogP contribution >= 0.6 is 23.2 Å². The average Bonchev–Trinajstić information content (AvgIpc) is 1.60. The lowest BCUT2D eigenvalue weighted by Crippen LogP contribution is -2.41. The number of nitrogens with two attached hydrogens (primary N) is 3. The van der Waals surface area contributed by atoms with Crippen LogP contribution in [-0.2, 0) is 70.1 Å². The molecule has 3 saturated heterocycles. The number of aromatic nitrogens is 12. The molecule has 1 unspecified atom stereocenters. The van der Waals surface area contributed by atoms with Gasteiger partial charge in [0, 0.05) is 0 Å². The Hall–Kier alpha value is -11.3. The van der Waals surface area contributed by atoms with E-state index >= 15 is 13.2 Å².